The molecule has 7 aromatic carbocycles. The molecule has 3 heteroatoms. The maximum atomic E-state index is 9.77. The summed E-state index contributed by atoms with van der Waals surface area (Å²) in [7, 11) is 0. The van der Waals surface area contributed by atoms with Crippen LogP contribution in [0.25, 0.3) is 84.9 Å². The van der Waals surface area contributed by atoms with Crippen LogP contribution in [0.5, 0.6) is 0 Å². The predicted octanol–water partition coefficient (Wildman–Crippen LogP) is 13.0. The molecule has 0 atom stereocenters. The smallest absolute Gasteiger partial charge is 0.0991 e. The van der Waals surface area contributed by atoms with E-state index < -0.39 is 0 Å². The number of rotatable bonds is 4. The zero-order chi connectivity index (χ0) is 30.6. The molecule has 0 saturated carbocycles. The second kappa shape index (κ2) is 10.8. The van der Waals surface area contributed by atoms with Gasteiger partial charge >= 0.3 is 0 Å². The summed E-state index contributed by atoms with van der Waals surface area (Å²) in [5.41, 5.74) is 9.94. The predicted molar refractivity (Wildman–Crippen MR) is 199 cm³/mol. The SMILES string of the molecule is N#Cc1cccc(-c2cc(-c3ccc4sc5ccccc5c4c3)c(-c3ccccc3)c(-c3cccc4c3sc3ccccc34)c2)c1. The molecule has 0 aliphatic rings. The minimum Gasteiger partial charge on any atom is -0.192 e. The Balaban J connectivity index is 1.42. The fourth-order valence-electron chi connectivity index (χ4n) is 6.79. The number of hydrogen-bond donors (Lipinski definition) is 0. The van der Waals surface area contributed by atoms with E-state index in [9.17, 15) is 5.26 Å². The van der Waals surface area contributed by atoms with Crippen LogP contribution < -0.4 is 0 Å². The molecule has 0 bridgehead atoms. The Kier molecular flexibility index (Phi) is 6.31. The van der Waals surface area contributed by atoms with E-state index in [0.29, 0.717) is 5.56 Å². The average Bonchev–Trinajstić information content (AvgIpc) is 3.69. The maximum absolute atomic E-state index is 9.77. The van der Waals surface area contributed by atoms with E-state index in [1.807, 2.05) is 40.9 Å². The summed E-state index contributed by atoms with van der Waals surface area (Å²) in [5.74, 6) is 0. The third-order valence-corrected chi connectivity index (χ3v) is 11.3. The third-order valence-electron chi connectivity index (χ3n) is 8.91. The average molecular weight is 620 g/mol. The lowest BCUT2D eigenvalue weighted by molar-refractivity contribution is 1.48. The quantitative estimate of drug-likeness (QED) is 0.192. The lowest BCUT2D eigenvalue weighted by Gasteiger charge is -2.20. The van der Waals surface area contributed by atoms with E-state index in [1.165, 1.54) is 73.7 Å². The van der Waals surface area contributed by atoms with Crippen LogP contribution in [0, 0.1) is 11.3 Å². The summed E-state index contributed by atoms with van der Waals surface area (Å²) < 4.78 is 5.17. The molecule has 0 amide bonds. The second-order valence-corrected chi connectivity index (χ2v) is 13.7. The normalized spacial score (nSPS) is 11.5. The van der Waals surface area contributed by atoms with Crippen LogP contribution in [0.2, 0.25) is 0 Å². The Morgan fingerprint density at radius 1 is 0.391 bits per heavy atom. The van der Waals surface area contributed by atoms with Gasteiger partial charge in [-0.05, 0) is 87.5 Å². The topological polar surface area (TPSA) is 23.8 Å². The monoisotopic (exact) mass is 619 g/mol. The molecule has 9 rings (SSSR count). The van der Waals surface area contributed by atoms with Crippen LogP contribution in [-0.4, -0.2) is 0 Å². The second-order valence-electron chi connectivity index (χ2n) is 11.6. The van der Waals surface area contributed by atoms with E-state index in [-0.39, 0.29) is 0 Å². The molecule has 0 fully saturated rings. The lowest BCUT2D eigenvalue weighted by Crippen LogP contribution is -1.93. The van der Waals surface area contributed by atoms with Gasteiger partial charge in [-0.1, -0.05) is 103 Å². The first-order chi connectivity index (χ1) is 22.7. The number of benzene rings is 7. The number of thiophene rings is 2. The van der Waals surface area contributed by atoms with E-state index in [2.05, 4.69) is 140 Å². The molecule has 214 valence electrons. The molecule has 46 heavy (non-hydrogen) atoms. The summed E-state index contributed by atoms with van der Waals surface area (Å²) in [5, 5.41) is 14.9. The summed E-state index contributed by atoms with van der Waals surface area (Å²) in [4.78, 5) is 0. The van der Waals surface area contributed by atoms with Crippen molar-refractivity contribution in [3.8, 4) is 50.6 Å². The summed E-state index contributed by atoms with van der Waals surface area (Å²) in [6.07, 6.45) is 0. The number of hydrogen-bond acceptors (Lipinski definition) is 3. The zero-order valence-electron chi connectivity index (χ0n) is 24.7. The Labute approximate surface area is 274 Å². The van der Waals surface area contributed by atoms with E-state index in [1.54, 1.807) is 0 Å². The van der Waals surface area contributed by atoms with Crippen LogP contribution in [0.1, 0.15) is 5.56 Å². The summed E-state index contributed by atoms with van der Waals surface area (Å²) in [6, 6.07) is 56.8. The maximum Gasteiger partial charge on any atom is 0.0991 e. The summed E-state index contributed by atoms with van der Waals surface area (Å²) >= 11 is 3.70. The van der Waals surface area contributed by atoms with Gasteiger partial charge in [-0.3, -0.25) is 0 Å². The number of fused-ring (bicyclic) bond motifs is 6. The van der Waals surface area contributed by atoms with E-state index in [4.69, 9.17) is 0 Å². The fourth-order valence-corrected chi connectivity index (χ4v) is 9.10. The molecule has 0 aliphatic heterocycles. The molecule has 2 heterocycles. The van der Waals surface area contributed by atoms with Crippen molar-refractivity contribution in [1.29, 1.82) is 5.26 Å². The van der Waals surface area contributed by atoms with Crippen LogP contribution in [0.4, 0.5) is 0 Å². The van der Waals surface area contributed by atoms with Gasteiger partial charge in [0.25, 0.3) is 0 Å². The lowest BCUT2D eigenvalue weighted by atomic mass is 9.84. The van der Waals surface area contributed by atoms with Crippen LogP contribution in [-0.2, 0) is 0 Å². The van der Waals surface area contributed by atoms with Crippen molar-refractivity contribution in [3.05, 3.63) is 157 Å². The van der Waals surface area contributed by atoms with Crippen molar-refractivity contribution >= 4 is 63.0 Å². The molecular weight excluding hydrogens is 595 g/mol. The van der Waals surface area contributed by atoms with Crippen molar-refractivity contribution in [1.82, 2.24) is 0 Å². The van der Waals surface area contributed by atoms with Gasteiger partial charge in [0.1, 0.15) is 0 Å². The van der Waals surface area contributed by atoms with Crippen molar-refractivity contribution in [2.75, 3.05) is 0 Å². The number of nitriles is 1. The van der Waals surface area contributed by atoms with Gasteiger partial charge in [0.15, 0.2) is 0 Å². The van der Waals surface area contributed by atoms with Crippen molar-refractivity contribution in [2.45, 2.75) is 0 Å². The van der Waals surface area contributed by atoms with Crippen molar-refractivity contribution < 1.29 is 0 Å². The largest absolute Gasteiger partial charge is 0.192 e. The van der Waals surface area contributed by atoms with Gasteiger partial charge in [0.05, 0.1) is 11.6 Å². The van der Waals surface area contributed by atoms with Gasteiger partial charge < -0.3 is 0 Å². The molecule has 2 aromatic heterocycles. The van der Waals surface area contributed by atoms with Gasteiger partial charge in [-0.15, -0.1) is 22.7 Å². The molecule has 0 aliphatic carbocycles. The molecule has 0 saturated heterocycles. The zero-order valence-corrected chi connectivity index (χ0v) is 26.3. The molecule has 0 spiro atoms. The molecule has 9 aromatic rings. The first-order valence-electron chi connectivity index (χ1n) is 15.3. The first kappa shape index (κ1) is 26.8. The van der Waals surface area contributed by atoms with Crippen LogP contribution >= 0.6 is 22.7 Å². The van der Waals surface area contributed by atoms with E-state index in [0.717, 1.165) is 11.1 Å². The highest BCUT2D eigenvalue weighted by Gasteiger charge is 2.20. The van der Waals surface area contributed by atoms with Crippen molar-refractivity contribution in [2.24, 2.45) is 0 Å². The Morgan fingerprint density at radius 3 is 1.87 bits per heavy atom. The van der Waals surface area contributed by atoms with Gasteiger partial charge in [-0.25, -0.2) is 0 Å². The van der Waals surface area contributed by atoms with Crippen molar-refractivity contribution in [3.63, 3.8) is 0 Å². The summed E-state index contributed by atoms with van der Waals surface area (Å²) in [6.45, 7) is 0. The minimum absolute atomic E-state index is 0.658. The fraction of sp³-hybridized carbons (Fsp3) is 0. The van der Waals surface area contributed by atoms with Gasteiger partial charge in [0, 0.05) is 45.9 Å². The van der Waals surface area contributed by atoms with Crippen LogP contribution in [0.3, 0.4) is 0 Å². The third kappa shape index (κ3) is 4.35. The molecule has 0 radical (unpaired) electrons. The minimum atomic E-state index is 0.658. The van der Waals surface area contributed by atoms with Crippen LogP contribution in [0.15, 0.2) is 152 Å². The highest BCUT2D eigenvalue weighted by atomic mass is 32.1. The highest BCUT2D eigenvalue weighted by molar-refractivity contribution is 7.26. The number of nitrogens with zero attached hydrogens (tertiary/aromatic N) is 1. The van der Waals surface area contributed by atoms with E-state index >= 15 is 0 Å². The Morgan fingerprint density at radius 2 is 1.04 bits per heavy atom. The Hall–Kier alpha value is -5.53. The highest BCUT2D eigenvalue weighted by Crippen LogP contribution is 2.48. The Bertz CT molecular complexity index is 2650. The molecule has 1 nitrogen and oxygen atoms in total. The standard InChI is InChI=1S/C43H25NS2/c44-26-27-10-8-13-29(22-27)31-24-36(30-20-21-41-37(23-30)33-15-5-6-18-39(33)45-41)42(28-11-2-1-3-12-28)38(25-31)35-17-9-16-34-32-14-4-7-19-40(32)46-43(34)35/h1-25H. The van der Waals surface area contributed by atoms with Gasteiger partial charge in [0.2, 0.25) is 0 Å². The molecular formula is C43H25NS2. The first-order valence-corrected chi connectivity index (χ1v) is 16.9. The molecule has 0 N–H and O–H groups in total. The van der Waals surface area contributed by atoms with Gasteiger partial charge in [-0.2, -0.15) is 5.26 Å². The molecule has 0 unspecified atom stereocenters.